The van der Waals surface area contributed by atoms with Crippen molar-refractivity contribution in [2.24, 2.45) is 7.05 Å². The Labute approximate surface area is 172 Å². The van der Waals surface area contributed by atoms with Crippen molar-refractivity contribution < 1.29 is 13.2 Å². The number of rotatable bonds is 9. The Bertz CT molecular complexity index is 902. The molecule has 1 aromatic carbocycles. The molecule has 2 aromatic rings. The highest BCUT2D eigenvalue weighted by Gasteiger charge is 2.17. The van der Waals surface area contributed by atoms with Gasteiger partial charge in [0.15, 0.2) is 0 Å². The third-order valence-corrected chi connectivity index (χ3v) is 6.09. The molecule has 0 bridgehead atoms. The fourth-order valence-corrected chi connectivity index (χ4v) is 4.47. The molecule has 9 heteroatoms. The molecule has 1 fully saturated rings. The summed E-state index contributed by atoms with van der Waals surface area (Å²) in [5.41, 5.74) is 2.65. The monoisotopic (exact) mass is 419 g/mol. The van der Waals surface area contributed by atoms with Gasteiger partial charge in [-0.3, -0.25) is 14.2 Å². The van der Waals surface area contributed by atoms with Gasteiger partial charge in [0.1, 0.15) is 5.75 Å². The number of sulfonamides is 1. The van der Waals surface area contributed by atoms with Crippen LogP contribution in [0.25, 0.3) is 0 Å². The van der Waals surface area contributed by atoms with Crippen LogP contribution in [0.15, 0.2) is 36.7 Å². The van der Waals surface area contributed by atoms with Gasteiger partial charge >= 0.3 is 0 Å². The molecule has 1 aliphatic rings. The molecule has 2 N–H and O–H groups in total. The maximum atomic E-state index is 12.3. The third kappa shape index (κ3) is 6.77. The lowest BCUT2D eigenvalue weighted by molar-refractivity contribution is -0.118. The zero-order valence-electron chi connectivity index (χ0n) is 16.8. The second kappa shape index (κ2) is 9.78. The molecule has 158 valence electrons. The Morgan fingerprint density at radius 2 is 1.86 bits per heavy atom. The van der Waals surface area contributed by atoms with Crippen molar-refractivity contribution in [1.82, 2.24) is 15.1 Å². The molecule has 0 spiro atoms. The first-order chi connectivity index (χ1) is 13.9. The van der Waals surface area contributed by atoms with Crippen LogP contribution in [0.1, 0.15) is 31.2 Å². The smallest absolute Gasteiger partial charge is 0.241 e. The molecule has 29 heavy (non-hydrogen) atoms. The number of aryl methyl sites for hydroxylation is 2. The number of hydrogen-bond donors (Lipinski definition) is 2. The molecule has 8 nitrogen and oxygen atoms in total. The van der Waals surface area contributed by atoms with Gasteiger partial charge in [-0.15, -0.1) is 0 Å². The van der Waals surface area contributed by atoms with E-state index >= 15 is 0 Å². The largest absolute Gasteiger partial charge is 0.372 e. The average Bonchev–Trinajstić information content (AvgIpc) is 3.11. The van der Waals surface area contributed by atoms with Crippen LogP contribution in [-0.4, -0.2) is 49.5 Å². The molecule has 0 unspecified atom stereocenters. The molecule has 1 saturated heterocycles. The summed E-state index contributed by atoms with van der Waals surface area (Å²) in [6.07, 6.45) is 8.85. The van der Waals surface area contributed by atoms with E-state index in [2.05, 4.69) is 20.0 Å². The van der Waals surface area contributed by atoms with E-state index in [1.54, 1.807) is 23.0 Å². The number of nitrogens with one attached hydrogen (secondary N) is 2. The van der Waals surface area contributed by atoms with E-state index in [1.807, 2.05) is 25.4 Å². The van der Waals surface area contributed by atoms with E-state index in [1.165, 1.54) is 19.3 Å². The summed E-state index contributed by atoms with van der Waals surface area (Å²) in [6.45, 7) is 2.49. The lowest BCUT2D eigenvalue weighted by atomic mass is 10.1. The van der Waals surface area contributed by atoms with Crippen molar-refractivity contribution >= 4 is 27.3 Å². The lowest BCUT2D eigenvalue weighted by Gasteiger charge is -2.28. The topological polar surface area (TPSA) is 96.3 Å². The molecule has 1 aromatic heterocycles. The van der Waals surface area contributed by atoms with Gasteiger partial charge in [-0.05, 0) is 61.9 Å². The zero-order chi connectivity index (χ0) is 20.7. The van der Waals surface area contributed by atoms with E-state index in [4.69, 9.17) is 0 Å². The molecular weight excluding hydrogens is 390 g/mol. The summed E-state index contributed by atoms with van der Waals surface area (Å²) in [4.78, 5) is 14.3. The molecule has 0 radical (unpaired) electrons. The number of carbonyl (C=O) groups excluding carboxylic acids is 1. The summed E-state index contributed by atoms with van der Waals surface area (Å²) in [7, 11) is -1.89. The van der Waals surface area contributed by atoms with Gasteiger partial charge in [-0.25, -0.2) is 8.42 Å². The summed E-state index contributed by atoms with van der Waals surface area (Å²) < 4.78 is 28.7. The number of amides is 1. The highest BCUT2D eigenvalue weighted by molar-refractivity contribution is 7.93. The molecule has 1 amide bonds. The highest BCUT2D eigenvalue weighted by Crippen LogP contribution is 2.22. The van der Waals surface area contributed by atoms with E-state index in [0.29, 0.717) is 12.2 Å². The van der Waals surface area contributed by atoms with Crippen molar-refractivity contribution in [3.8, 4) is 0 Å². The second-order valence-electron chi connectivity index (χ2n) is 7.43. The number of hydrogen-bond acceptors (Lipinski definition) is 5. The van der Waals surface area contributed by atoms with E-state index < -0.39 is 21.7 Å². The van der Waals surface area contributed by atoms with Gasteiger partial charge in [-0.1, -0.05) is 0 Å². The number of carbonyl (C=O) groups is 1. The van der Waals surface area contributed by atoms with Crippen LogP contribution in [0.3, 0.4) is 0 Å². The van der Waals surface area contributed by atoms with E-state index in [-0.39, 0.29) is 0 Å². The first kappa shape index (κ1) is 21.2. The van der Waals surface area contributed by atoms with Crippen molar-refractivity contribution in [3.63, 3.8) is 0 Å². The molecular formula is C20H29N5O3S. The van der Waals surface area contributed by atoms with Gasteiger partial charge < -0.3 is 10.2 Å². The Morgan fingerprint density at radius 1 is 1.14 bits per heavy atom. The van der Waals surface area contributed by atoms with Crippen LogP contribution in [0, 0.1) is 0 Å². The van der Waals surface area contributed by atoms with Crippen LogP contribution >= 0.6 is 0 Å². The number of piperidine rings is 1. The van der Waals surface area contributed by atoms with Crippen molar-refractivity contribution in [2.75, 3.05) is 35.0 Å². The quantitative estimate of drug-likeness (QED) is 0.605. The summed E-state index contributed by atoms with van der Waals surface area (Å²) in [5.74, 6) is -1.10. The predicted molar refractivity (Wildman–Crippen MR) is 114 cm³/mol. The van der Waals surface area contributed by atoms with E-state index in [0.717, 1.165) is 37.2 Å². The summed E-state index contributed by atoms with van der Waals surface area (Å²) in [5, 5.41) is 6.75. The zero-order valence-corrected chi connectivity index (χ0v) is 17.6. The Kier molecular flexibility index (Phi) is 7.13. The minimum atomic E-state index is -3.75. The van der Waals surface area contributed by atoms with Crippen molar-refractivity contribution in [1.29, 1.82) is 0 Å². The first-order valence-electron chi connectivity index (χ1n) is 10.0. The normalized spacial score (nSPS) is 14.6. The average molecular weight is 420 g/mol. The Balaban J connectivity index is 1.42. The first-order valence-corrected chi connectivity index (χ1v) is 11.7. The molecule has 2 heterocycles. The third-order valence-electron chi connectivity index (χ3n) is 4.91. The van der Waals surface area contributed by atoms with Crippen LogP contribution in [0.4, 0.5) is 11.4 Å². The van der Waals surface area contributed by atoms with Crippen molar-refractivity contribution in [3.05, 3.63) is 42.2 Å². The van der Waals surface area contributed by atoms with E-state index in [9.17, 15) is 13.2 Å². The number of anilines is 2. The van der Waals surface area contributed by atoms with Gasteiger partial charge in [0, 0.05) is 44.3 Å². The number of aromatic nitrogens is 2. The van der Waals surface area contributed by atoms with Crippen molar-refractivity contribution in [2.45, 2.75) is 32.1 Å². The van der Waals surface area contributed by atoms with Crippen LogP contribution in [0.2, 0.25) is 0 Å². The molecule has 0 aliphatic carbocycles. The SMILES string of the molecule is Cn1cc(CCCNC(=O)CS(=O)(=O)Nc2ccc(N3CCCCC3)cc2)cn1. The predicted octanol–water partition coefficient (Wildman–Crippen LogP) is 1.90. The van der Waals surface area contributed by atoms with Gasteiger partial charge in [0.25, 0.3) is 0 Å². The standard InChI is InChI=1S/C20H29N5O3S/c1-24-15-17(14-22-24)6-5-11-21-20(26)16-29(27,28)23-18-7-9-19(10-8-18)25-12-3-2-4-13-25/h7-10,14-15,23H,2-6,11-13,16H2,1H3,(H,21,26). The van der Waals surface area contributed by atoms with Crippen LogP contribution < -0.4 is 14.9 Å². The molecule has 0 saturated carbocycles. The minimum Gasteiger partial charge on any atom is -0.372 e. The molecule has 3 rings (SSSR count). The maximum absolute atomic E-state index is 12.3. The number of benzene rings is 1. The lowest BCUT2D eigenvalue weighted by Crippen LogP contribution is -2.33. The van der Waals surface area contributed by atoms with Crippen LogP contribution in [-0.2, 0) is 28.3 Å². The highest BCUT2D eigenvalue weighted by atomic mass is 32.2. The minimum absolute atomic E-state index is 0.424. The Morgan fingerprint density at radius 3 is 2.52 bits per heavy atom. The summed E-state index contributed by atoms with van der Waals surface area (Å²) in [6, 6.07) is 7.32. The van der Waals surface area contributed by atoms with Crippen LogP contribution in [0.5, 0.6) is 0 Å². The van der Waals surface area contributed by atoms with Gasteiger partial charge in [-0.2, -0.15) is 5.10 Å². The second-order valence-corrected chi connectivity index (χ2v) is 9.15. The van der Waals surface area contributed by atoms with Gasteiger partial charge in [0.2, 0.25) is 15.9 Å². The molecule has 0 atom stereocenters. The maximum Gasteiger partial charge on any atom is 0.241 e. The Hall–Kier alpha value is -2.55. The summed E-state index contributed by atoms with van der Waals surface area (Å²) >= 11 is 0. The molecule has 1 aliphatic heterocycles. The fraction of sp³-hybridized carbons (Fsp3) is 0.500. The number of nitrogens with zero attached hydrogens (tertiary/aromatic N) is 3. The van der Waals surface area contributed by atoms with Gasteiger partial charge in [0.05, 0.1) is 6.20 Å². The fourth-order valence-electron chi connectivity index (χ4n) is 3.45.